The Kier molecular flexibility index (Phi) is 34.5. The molecule has 0 rings (SSSR count). The van der Waals surface area contributed by atoms with Crippen molar-refractivity contribution in [2.75, 3.05) is 0 Å². The van der Waals surface area contributed by atoms with Crippen molar-refractivity contribution in [1.29, 1.82) is 0 Å². The molecule has 0 aromatic heterocycles. The van der Waals surface area contributed by atoms with Crippen LogP contribution in [0.2, 0.25) is 0 Å². The van der Waals surface area contributed by atoms with Gasteiger partial charge in [-0.2, -0.15) is 0 Å². The van der Waals surface area contributed by atoms with Gasteiger partial charge in [0.05, 0.1) is 0 Å². The van der Waals surface area contributed by atoms with Gasteiger partial charge in [-0.3, -0.25) is 0 Å². The standard InChI is InChI=1S/C8H16O2.C3H6O2.2Na/c1-2-3-4-5-6-7-8(9)10;1-2-3(4)5;;/h2-7H2,1H3,(H,9,10);2H2,1H3,(H,4,5);;/q;;2*+1/p-2. The van der Waals surface area contributed by atoms with Crippen molar-refractivity contribution >= 4 is 11.9 Å². The first-order chi connectivity index (χ1) is 7.04. The van der Waals surface area contributed by atoms with Crippen molar-refractivity contribution in [3.8, 4) is 0 Å². The molecule has 0 aromatic carbocycles. The van der Waals surface area contributed by atoms with Crippen LogP contribution in [0.4, 0.5) is 0 Å². The monoisotopic (exact) mass is 262 g/mol. The normalized spacial score (nSPS) is 7.88. The summed E-state index contributed by atoms with van der Waals surface area (Å²) in [6.45, 7) is 3.67. The Balaban J connectivity index is -0.000000105. The van der Waals surface area contributed by atoms with Gasteiger partial charge in [-0.25, -0.2) is 0 Å². The summed E-state index contributed by atoms with van der Waals surface area (Å²) in [5.74, 6) is -1.92. The Bertz CT molecular complexity index is 175. The van der Waals surface area contributed by atoms with Crippen LogP contribution in [0.5, 0.6) is 0 Å². The second kappa shape index (κ2) is 22.1. The third-order valence-corrected chi connectivity index (χ3v) is 1.77. The number of unbranched alkanes of at least 4 members (excludes halogenated alkanes) is 4. The number of carboxylic acids is 2. The van der Waals surface area contributed by atoms with Gasteiger partial charge < -0.3 is 19.8 Å². The van der Waals surface area contributed by atoms with Gasteiger partial charge in [0.1, 0.15) is 0 Å². The predicted octanol–water partition coefficient (Wildman–Crippen LogP) is -5.75. The van der Waals surface area contributed by atoms with Gasteiger partial charge in [-0.05, 0) is 19.3 Å². The van der Waals surface area contributed by atoms with Gasteiger partial charge >= 0.3 is 59.1 Å². The third-order valence-electron chi connectivity index (χ3n) is 1.77. The van der Waals surface area contributed by atoms with Crippen molar-refractivity contribution in [3.63, 3.8) is 0 Å². The molecule has 0 spiro atoms. The first kappa shape index (κ1) is 26.5. The second-order valence-electron chi connectivity index (χ2n) is 3.26. The van der Waals surface area contributed by atoms with Crippen molar-refractivity contribution in [3.05, 3.63) is 0 Å². The smallest absolute Gasteiger partial charge is 0.550 e. The maximum Gasteiger partial charge on any atom is 1.00 e. The zero-order valence-corrected chi connectivity index (χ0v) is 15.6. The van der Waals surface area contributed by atoms with E-state index in [4.69, 9.17) is 0 Å². The molecule has 0 N–H and O–H groups in total. The number of carbonyl (C=O) groups is 2. The molecule has 6 heteroatoms. The minimum absolute atomic E-state index is 0. The molecule has 0 atom stereocenters. The van der Waals surface area contributed by atoms with Gasteiger partial charge in [0.25, 0.3) is 0 Å². The Morgan fingerprint density at radius 3 is 1.53 bits per heavy atom. The molecule has 17 heavy (non-hydrogen) atoms. The molecule has 0 unspecified atom stereocenters. The molecule has 0 aromatic rings. The fourth-order valence-corrected chi connectivity index (χ4v) is 0.873. The minimum Gasteiger partial charge on any atom is -0.550 e. The van der Waals surface area contributed by atoms with E-state index in [1.165, 1.54) is 19.8 Å². The largest absolute Gasteiger partial charge is 1.00 e. The zero-order valence-electron chi connectivity index (χ0n) is 11.6. The van der Waals surface area contributed by atoms with E-state index < -0.39 is 11.9 Å². The number of rotatable bonds is 7. The van der Waals surface area contributed by atoms with E-state index in [2.05, 4.69) is 6.92 Å². The van der Waals surface area contributed by atoms with Crippen LogP contribution in [-0.4, -0.2) is 11.9 Å². The molecular weight excluding hydrogens is 242 g/mol. The van der Waals surface area contributed by atoms with Gasteiger partial charge in [0.15, 0.2) is 0 Å². The van der Waals surface area contributed by atoms with E-state index in [-0.39, 0.29) is 72.0 Å². The van der Waals surface area contributed by atoms with Crippen molar-refractivity contribution < 1.29 is 78.9 Å². The van der Waals surface area contributed by atoms with E-state index in [0.717, 1.165) is 19.3 Å². The first-order valence-corrected chi connectivity index (χ1v) is 5.44. The Hall–Kier alpha value is 0.940. The summed E-state index contributed by atoms with van der Waals surface area (Å²) < 4.78 is 0. The van der Waals surface area contributed by atoms with E-state index in [9.17, 15) is 19.8 Å². The molecule has 0 radical (unpaired) electrons. The number of carboxylic acid groups (broad SMARTS) is 2. The predicted molar refractivity (Wildman–Crippen MR) is 53.7 cm³/mol. The quantitative estimate of drug-likeness (QED) is 0.338. The minimum atomic E-state index is -0.995. The van der Waals surface area contributed by atoms with Crippen molar-refractivity contribution in [2.45, 2.75) is 58.8 Å². The van der Waals surface area contributed by atoms with Gasteiger partial charge in [0.2, 0.25) is 0 Å². The number of hydrogen-bond acceptors (Lipinski definition) is 4. The molecule has 0 saturated heterocycles. The Labute approximate surface area is 148 Å². The molecule has 0 fully saturated rings. The number of carbonyl (C=O) groups excluding carboxylic acids is 2. The maximum atomic E-state index is 9.92. The van der Waals surface area contributed by atoms with Gasteiger partial charge in [-0.1, -0.05) is 39.5 Å². The molecule has 0 aliphatic carbocycles. The Morgan fingerprint density at radius 2 is 1.24 bits per heavy atom. The zero-order chi connectivity index (χ0) is 12.1. The molecule has 4 nitrogen and oxygen atoms in total. The summed E-state index contributed by atoms with van der Waals surface area (Å²) >= 11 is 0. The van der Waals surface area contributed by atoms with Crippen molar-refractivity contribution in [2.24, 2.45) is 0 Å². The summed E-state index contributed by atoms with van der Waals surface area (Å²) in [4.78, 5) is 19.2. The maximum absolute atomic E-state index is 9.92. The summed E-state index contributed by atoms with van der Waals surface area (Å²) in [7, 11) is 0. The number of aliphatic carboxylic acids is 2. The van der Waals surface area contributed by atoms with Crippen LogP contribution in [0.1, 0.15) is 58.8 Å². The van der Waals surface area contributed by atoms with Crippen LogP contribution in [0.25, 0.3) is 0 Å². The Morgan fingerprint density at radius 1 is 0.824 bits per heavy atom. The summed E-state index contributed by atoms with van der Waals surface area (Å²) in [6, 6.07) is 0. The topological polar surface area (TPSA) is 80.3 Å². The molecule has 0 aliphatic heterocycles. The van der Waals surface area contributed by atoms with Crippen LogP contribution < -0.4 is 69.3 Å². The SMILES string of the molecule is CCC(=O)[O-].CCCCCCCC(=O)[O-].[Na+].[Na+]. The second-order valence-corrected chi connectivity index (χ2v) is 3.26. The van der Waals surface area contributed by atoms with Crippen LogP contribution in [-0.2, 0) is 9.59 Å². The van der Waals surface area contributed by atoms with Crippen LogP contribution >= 0.6 is 0 Å². The third kappa shape index (κ3) is 38.3. The summed E-state index contributed by atoms with van der Waals surface area (Å²) in [6.07, 6.45) is 5.72. The van der Waals surface area contributed by atoms with Gasteiger partial charge in [-0.15, -0.1) is 0 Å². The molecular formula is C11H20Na2O4. The average molecular weight is 262 g/mol. The average Bonchev–Trinajstić information content (AvgIpc) is 2.18. The van der Waals surface area contributed by atoms with E-state index in [0.29, 0.717) is 0 Å². The fourth-order valence-electron chi connectivity index (χ4n) is 0.873. The van der Waals surface area contributed by atoms with Crippen molar-refractivity contribution in [1.82, 2.24) is 0 Å². The summed E-state index contributed by atoms with van der Waals surface area (Å²) in [5.41, 5.74) is 0. The molecule has 0 amide bonds. The fraction of sp³-hybridized carbons (Fsp3) is 0.818. The first-order valence-electron chi connectivity index (χ1n) is 5.44. The van der Waals surface area contributed by atoms with Crippen LogP contribution in [0, 0.1) is 0 Å². The molecule has 0 aliphatic rings. The van der Waals surface area contributed by atoms with Gasteiger partial charge in [0, 0.05) is 11.9 Å². The summed E-state index contributed by atoms with van der Waals surface area (Å²) in [5, 5.41) is 19.2. The number of hydrogen-bond donors (Lipinski definition) is 0. The van der Waals surface area contributed by atoms with E-state index in [1.54, 1.807) is 0 Å². The van der Waals surface area contributed by atoms with Crippen LogP contribution in [0.15, 0.2) is 0 Å². The van der Waals surface area contributed by atoms with Crippen LogP contribution in [0.3, 0.4) is 0 Å². The molecule has 90 valence electrons. The molecule has 0 heterocycles. The molecule has 0 bridgehead atoms. The van der Waals surface area contributed by atoms with E-state index >= 15 is 0 Å². The van der Waals surface area contributed by atoms with E-state index in [1.807, 2.05) is 0 Å². The molecule has 0 saturated carbocycles.